The molecular formula is C15H14ClNO3S. The van der Waals surface area contributed by atoms with Gasteiger partial charge in [0.1, 0.15) is 0 Å². The van der Waals surface area contributed by atoms with Crippen molar-refractivity contribution in [3.05, 3.63) is 59.2 Å². The summed E-state index contributed by atoms with van der Waals surface area (Å²) in [5.41, 5.74) is 1.91. The van der Waals surface area contributed by atoms with Gasteiger partial charge in [0, 0.05) is 0 Å². The van der Waals surface area contributed by atoms with Gasteiger partial charge in [0.2, 0.25) is 0 Å². The number of hydrogen-bond acceptors (Lipinski definition) is 3. The lowest BCUT2D eigenvalue weighted by atomic mass is 10.1. The van der Waals surface area contributed by atoms with E-state index in [9.17, 15) is 13.2 Å². The molecule has 0 bridgehead atoms. The highest BCUT2D eigenvalue weighted by molar-refractivity contribution is 7.92. The molecule has 4 nitrogen and oxygen atoms in total. The first-order valence-electron chi connectivity index (χ1n) is 6.20. The average Bonchev–Trinajstić information content (AvgIpc) is 2.38. The Labute approximate surface area is 128 Å². The van der Waals surface area contributed by atoms with Gasteiger partial charge >= 0.3 is 0 Å². The van der Waals surface area contributed by atoms with Crippen LogP contribution in [0.15, 0.2) is 47.4 Å². The zero-order valence-corrected chi connectivity index (χ0v) is 13.1. The monoisotopic (exact) mass is 323 g/mol. The molecule has 21 heavy (non-hydrogen) atoms. The number of halogens is 1. The smallest absolute Gasteiger partial charge is 0.261 e. The summed E-state index contributed by atoms with van der Waals surface area (Å²) in [4.78, 5) is 11.6. The minimum atomic E-state index is -3.76. The lowest BCUT2D eigenvalue weighted by Gasteiger charge is -2.12. The molecule has 0 heterocycles. The summed E-state index contributed by atoms with van der Waals surface area (Å²) >= 11 is 5.54. The largest absolute Gasteiger partial charge is 0.279 e. The molecule has 0 aromatic heterocycles. The molecule has 0 amide bonds. The van der Waals surface area contributed by atoms with E-state index >= 15 is 0 Å². The van der Waals surface area contributed by atoms with Gasteiger partial charge in [-0.25, -0.2) is 8.42 Å². The molecule has 2 aromatic carbocycles. The first-order valence-corrected chi connectivity index (χ1v) is 8.06. The van der Waals surface area contributed by atoms with Crippen molar-refractivity contribution in [1.29, 1.82) is 0 Å². The summed E-state index contributed by atoms with van der Waals surface area (Å²) in [6.45, 7) is 3.56. The lowest BCUT2D eigenvalue weighted by molar-refractivity contribution is 0.108. The maximum atomic E-state index is 12.3. The molecule has 0 radical (unpaired) electrons. The topological polar surface area (TPSA) is 63.2 Å². The van der Waals surface area contributed by atoms with E-state index in [1.807, 2.05) is 6.92 Å². The summed E-state index contributed by atoms with van der Waals surface area (Å²) in [5.74, 6) is 0. The molecule has 0 aliphatic heterocycles. The Hall–Kier alpha value is -1.85. The highest BCUT2D eigenvalue weighted by atomic mass is 35.5. The molecule has 1 N–H and O–H groups in total. The first-order chi connectivity index (χ1) is 9.81. The molecule has 0 atom stereocenters. The second kappa shape index (κ2) is 5.87. The van der Waals surface area contributed by atoms with Crippen molar-refractivity contribution in [2.45, 2.75) is 18.7 Å². The molecular weight excluding hydrogens is 310 g/mol. The number of rotatable bonds is 4. The van der Waals surface area contributed by atoms with Gasteiger partial charge in [-0.15, -0.1) is 0 Å². The van der Waals surface area contributed by atoms with Crippen LogP contribution in [0.1, 0.15) is 21.5 Å². The van der Waals surface area contributed by atoms with Crippen molar-refractivity contribution in [2.75, 3.05) is 4.72 Å². The van der Waals surface area contributed by atoms with Gasteiger partial charge in [0.15, 0.2) is 0 Å². The van der Waals surface area contributed by atoms with Crippen molar-refractivity contribution in [3.8, 4) is 0 Å². The first kappa shape index (κ1) is 15.5. The van der Waals surface area contributed by atoms with E-state index < -0.39 is 15.3 Å². The molecule has 0 aliphatic rings. The van der Waals surface area contributed by atoms with E-state index in [2.05, 4.69) is 4.72 Å². The van der Waals surface area contributed by atoms with Crippen molar-refractivity contribution >= 4 is 32.6 Å². The number of hydrogen-bond donors (Lipinski definition) is 1. The van der Waals surface area contributed by atoms with Crippen molar-refractivity contribution in [1.82, 2.24) is 0 Å². The fourth-order valence-corrected chi connectivity index (χ4v) is 3.26. The molecule has 0 saturated carbocycles. The average molecular weight is 324 g/mol. The van der Waals surface area contributed by atoms with Crippen molar-refractivity contribution in [3.63, 3.8) is 0 Å². The van der Waals surface area contributed by atoms with E-state index in [1.54, 1.807) is 31.2 Å². The zero-order chi connectivity index (χ0) is 15.6. The summed E-state index contributed by atoms with van der Waals surface area (Å²) in [6, 6.07) is 11.3. The summed E-state index contributed by atoms with van der Waals surface area (Å²) in [5, 5.41) is -0.699. The maximum Gasteiger partial charge on any atom is 0.261 e. The van der Waals surface area contributed by atoms with Crippen LogP contribution in [0.3, 0.4) is 0 Å². The standard InChI is InChI=1S/C15H14ClNO3S/c1-10-6-8-12(9-7-10)21(19,20)17-13-5-3-4-11(2)14(13)15(16)18/h3-9,17H,1-2H3. The zero-order valence-electron chi connectivity index (χ0n) is 11.6. The van der Waals surface area contributed by atoms with Crippen LogP contribution in [0.5, 0.6) is 0 Å². The Morgan fingerprint density at radius 3 is 2.24 bits per heavy atom. The van der Waals surface area contributed by atoms with Crippen LogP contribution in [0.4, 0.5) is 5.69 Å². The molecule has 0 saturated heterocycles. The number of carbonyl (C=O) groups is 1. The van der Waals surface area contributed by atoms with Gasteiger partial charge in [-0.1, -0.05) is 29.8 Å². The number of aryl methyl sites for hydroxylation is 2. The Morgan fingerprint density at radius 1 is 1.05 bits per heavy atom. The number of nitrogens with one attached hydrogen (secondary N) is 1. The third kappa shape index (κ3) is 3.43. The lowest BCUT2D eigenvalue weighted by Crippen LogP contribution is -2.15. The quantitative estimate of drug-likeness (QED) is 0.876. The summed E-state index contributed by atoms with van der Waals surface area (Å²) in [6.07, 6.45) is 0. The molecule has 0 aliphatic carbocycles. The van der Waals surface area contributed by atoms with Crippen LogP contribution in [0.2, 0.25) is 0 Å². The van der Waals surface area contributed by atoms with Gasteiger partial charge in [-0.2, -0.15) is 0 Å². The van der Waals surface area contributed by atoms with Gasteiger partial charge in [-0.05, 0) is 49.2 Å². The maximum absolute atomic E-state index is 12.3. The van der Waals surface area contributed by atoms with Gasteiger partial charge in [-0.3, -0.25) is 9.52 Å². The minimum Gasteiger partial charge on any atom is -0.279 e. The van der Waals surface area contributed by atoms with Gasteiger partial charge < -0.3 is 0 Å². The highest BCUT2D eigenvalue weighted by Crippen LogP contribution is 2.24. The van der Waals surface area contributed by atoms with Gasteiger partial charge in [0.25, 0.3) is 15.3 Å². The number of anilines is 1. The summed E-state index contributed by atoms with van der Waals surface area (Å²) < 4.78 is 27.1. The second-order valence-corrected chi connectivity index (χ2v) is 6.72. The molecule has 0 unspecified atom stereocenters. The molecule has 0 spiro atoms. The SMILES string of the molecule is Cc1ccc(S(=O)(=O)Nc2cccc(C)c2C(=O)Cl)cc1. The van der Waals surface area contributed by atoms with Crippen LogP contribution in [0.25, 0.3) is 0 Å². The highest BCUT2D eigenvalue weighted by Gasteiger charge is 2.19. The Morgan fingerprint density at radius 2 is 1.67 bits per heavy atom. The molecule has 2 aromatic rings. The molecule has 0 fully saturated rings. The fourth-order valence-electron chi connectivity index (χ4n) is 1.93. The Kier molecular flexibility index (Phi) is 4.34. The van der Waals surface area contributed by atoms with Crippen LogP contribution in [-0.2, 0) is 10.0 Å². The van der Waals surface area contributed by atoms with E-state index in [1.165, 1.54) is 18.2 Å². The van der Waals surface area contributed by atoms with Crippen molar-refractivity contribution in [2.24, 2.45) is 0 Å². The van der Waals surface area contributed by atoms with E-state index in [0.29, 0.717) is 5.56 Å². The van der Waals surface area contributed by atoms with Crippen LogP contribution in [-0.4, -0.2) is 13.7 Å². The third-order valence-corrected chi connectivity index (χ3v) is 4.62. The van der Waals surface area contributed by atoms with Crippen LogP contribution >= 0.6 is 11.6 Å². The van der Waals surface area contributed by atoms with E-state index in [-0.39, 0.29) is 16.1 Å². The van der Waals surface area contributed by atoms with E-state index in [4.69, 9.17) is 11.6 Å². The predicted octanol–water partition coefficient (Wildman–Crippen LogP) is 3.48. The Bertz CT molecular complexity index is 783. The fraction of sp³-hybridized carbons (Fsp3) is 0.133. The minimum absolute atomic E-state index is 0.127. The van der Waals surface area contributed by atoms with E-state index in [0.717, 1.165) is 5.56 Å². The number of sulfonamides is 1. The van der Waals surface area contributed by atoms with Gasteiger partial charge in [0.05, 0.1) is 16.1 Å². The third-order valence-electron chi connectivity index (χ3n) is 3.04. The van der Waals surface area contributed by atoms with Crippen molar-refractivity contribution < 1.29 is 13.2 Å². The molecule has 2 rings (SSSR count). The summed E-state index contributed by atoms with van der Waals surface area (Å²) in [7, 11) is -3.76. The predicted molar refractivity (Wildman–Crippen MR) is 83.4 cm³/mol. The normalized spacial score (nSPS) is 11.2. The van der Waals surface area contributed by atoms with Crippen LogP contribution < -0.4 is 4.72 Å². The molecule has 6 heteroatoms. The second-order valence-electron chi connectivity index (χ2n) is 4.69. The Balaban J connectivity index is 2.44. The number of benzene rings is 2. The van der Waals surface area contributed by atoms with Crippen LogP contribution in [0, 0.1) is 13.8 Å². The number of carbonyl (C=O) groups excluding carboxylic acids is 1. The molecule has 110 valence electrons.